The van der Waals surface area contributed by atoms with Crippen LogP contribution in [-0.2, 0) is 0 Å². The van der Waals surface area contributed by atoms with Crippen LogP contribution in [0.3, 0.4) is 0 Å². The summed E-state index contributed by atoms with van der Waals surface area (Å²) in [6.07, 6.45) is 0. The van der Waals surface area contributed by atoms with Crippen LogP contribution in [0.25, 0.3) is 0 Å². The summed E-state index contributed by atoms with van der Waals surface area (Å²) in [7, 11) is 0. The molecule has 0 aliphatic carbocycles. The fourth-order valence-corrected chi connectivity index (χ4v) is 1.74. The highest BCUT2D eigenvalue weighted by Crippen LogP contribution is 2.34. The van der Waals surface area contributed by atoms with Crippen molar-refractivity contribution in [3.63, 3.8) is 0 Å². The van der Waals surface area contributed by atoms with Crippen LogP contribution in [0.5, 0.6) is 11.5 Å². The standard InChI is InChI=1S/C11H13N3O2/c1-7-5-12-11(13-7)14-8-2-3-9-10(4-8)16-6-15-9/h2-4,7H,5-6H2,1H3,(H2,12,13,14). The van der Waals surface area contributed by atoms with E-state index in [9.17, 15) is 0 Å². The fourth-order valence-electron chi connectivity index (χ4n) is 1.74. The van der Waals surface area contributed by atoms with Gasteiger partial charge in [-0.15, -0.1) is 0 Å². The van der Waals surface area contributed by atoms with Gasteiger partial charge in [-0.1, -0.05) is 0 Å². The summed E-state index contributed by atoms with van der Waals surface area (Å²) in [5.74, 6) is 2.38. The molecule has 16 heavy (non-hydrogen) atoms. The maximum Gasteiger partial charge on any atom is 0.231 e. The van der Waals surface area contributed by atoms with Crippen LogP contribution >= 0.6 is 0 Å². The number of anilines is 1. The van der Waals surface area contributed by atoms with E-state index < -0.39 is 0 Å². The number of hydrogen-bond acceptors (Lipinski definition) is 5. The molecule has 2 N–H and O–H groups in total. The van der Waals surface area contributed by atoms with Gasteiger partial charge in [-0.3, -0.25) is 4.99 Å². The Balaban J connectivity index is 1.76. The zero-order valence-corrected chi connectivity index (χ0v) is 8.99. The Kier molecular flexibility index (Phi) is 2.09. The van der Waals surface area contributed by atoms with Gasteiger partial charge >= 0.3 is 0 Å². The van der Waals surface area contributed by atoms with E-state index in [1.54, 1.807) is 0 Å². The Bertz CT molecular complexity index is 445. The lowest BCUT2D eigenvalue weighted by Gasteiger charge is -2.09. The summed E-state index contributed by atoms with van der Waals surface area (Å²) in [5, 5.41) is 6.44. The number of ether oxygens (including phenoxy) is 2. The molecule has 2 heterocycles. The van der Waals surface area contributed by atoms with Crippen LogP contribution < -0.4 is 20.1 Å². The van der Waals surface area contributed by atoms with Gasteiger partial charge in [0.2, 0.25) is 6.79 Å². The summed E-state index contributed by atoms with van der Waals surface area (Å²) >= 11 is 0. The van der Waals surface area contributed by atoms with Crippen molar-refractivity contribution in [3.8, 4) is 11.5 Å². The molecule has 84 valence electrons. The number of aliphatic imine (C=N–C) groups is 1. The predicted octanol–water partition coefficient (Wildman–Crippen LogP) is 1.17. The monoisotopic (exact) mass is 219 g/mol. The Morgan fingerprint density at radius 3 is 3.06 bits per heavy atom. The fraction of sp³-hybridized carbons (Fsp3) is 0.364. The molecule has 0 aromatic heterocycles. The molecular formula is C11H13N3O2. The number of hydrogen-bond donors (Lipinski definition) is 2. The molecule has 0 bridgehead atoms. The van der Waals surface area contributed by atoms with Crippen molar-refractivity contribution in [3.05, 3.63) is 18.2 Å². The first-order valence-electron chi connectivity index (χ1n) is 5.29. The number of nitrogens with one attached hydrogen (secondary N) is 2. The van der Waals surface area contributed by atoms with Crippen LogP contribution in [0.1, 0.15) is 6.92 Å². The molecule has 2 aliphatic rings. The number of guanidine groups is 1. The van der Waals surface area contributed by atoms with Crippen molar-refractivity contribution < 1.29 is 9.47 Å². The van der Waals surface area contributed by atoms with Crippen molar-refractivity contribution in [2.45, 2.75) is 13.0 Å². The van der Waals surface area contributed by atoms with Crippen molar-refractivity contribution >= 4 is 11.6 Å². The maximum atomic E-state index is 5.30. The highest BCUT2D eigenvalue weighted by atomic mass is 16.7. The molecule has 2 aliphatic heterocycles. The van der Waals surface area contributed by atoms with E-state index >= 15 is 0 Å². The van der Waals surface area contributed by atoms with Crippen LogP contribution in [0.4, 0.5) is 5.69 Å². The van der Waals surface area contributed by atoms with E-state index in [1.165, 1.54) is 0 Å². The third-order valence-electron chi connectivity index (χ3n) is 2.54. The van der Waals surface area contributed by atoms with Crippen LogP contribution in [-0.4, -0.2) is 25.3 Å². The molecule has 1 atom stereocenters. The van der Waals surface area contributed by atoms with E-state index in [0.29, 0.717) is 12.8 Å². The smallest absolute Gasteiger partial charge is 0.231 e. The van der Waals surface area contributed by atoms with Gasteiger partial charge in [0.1, 0.15) is 0 Å². The third kappa shape index (κ3) is 1.64. The average Bonchev–Trinajstić information content (AvgIpc) is 2.87. The summed E-state index contributed by atoms with van der Waals surface area (Å²) < 4.78 is 10.5. The van der Waals surface area contributed by atoms with E-state index in [2.05, 4.69) is 22.5 Å². The predicted molar refractivity (Wildman–Crippen MR) is 61.1 cm³/mol. The first-order chi connectivity index (χ1) is 7.81. The second-order valence-corrected chi connectivity index (χ2v) is 3.93. The van der Waals surface area contributed by atoms with Gasteiger partial charge in [0, 0.05) is 17.8 Å². The van der Waals surface area contributed by atoms with Gasteiger partial charge in [0.05, 0.1) is 6.54 Å². The molecule has 0 fully saturated rings. The summed E-state index contributed by atoms with van der Waals surface area (Å²) in [6, 6.07) is 6.15. The lowest BCUT2D eigenvalue weighted by Crippen LogP contribution is -2.32. The lowest BCUT2D eigenvalue weighted by molar-refractivity contribution is 0.174. The molecule has 0 saturated heterocycles. The molecular weight excluding hydrogens is 206 g/mol. The first-order valence-corrected chi connectivity index (χ1v) is 5.29. The normalized spacial score (nSPS) is 21.6. The topological polar surface area (TPSA) is 54.9 Å². The van der Waals surface area contributed by atoms with Crippen molar-refractivity contribution in [1.82, 2.24) is 5.32 Å². The van der Waals surface area contributed by atoms with Crippen LogP contribution in [0.15, 0.2) is 23.2 Å². The minimum atomic E-state index is 0.301. The van der Waals surface area contributed by atoms with Crippen molar-refractivity contribution in [1.29, 1.82) is 0 Å². The van der Waals surface area contributed by atoms with Crippen molar-refractivity contribution in [2.75, 3.05) is 18.7 Å². The van der Waals surface area contributed by atoms with Gasteiger partial charge in [-0.25, -0.2) is 0 Å². The molecule has 1 unspecified atom stereocenters. The van der Waals surface area contributed by atoms with E-state index in [0.717, 1.165) is 29.7 Å². The second-order valence-electron chi connectivity index (χ2n) is 3.93. The van der Waals surface area contributed by atoms with E-state index in [-0.39, 0.29) is 0 Å². The number of fused-ring (bicyclic) bond motifs is 1. The molecule has 1 aromatic carbocycles. The molecule has 3 rings (SSSR count). The Morgan fingerprint density at radius 2 is 2.25 bits per heavy atom. The van der Waals surface area contributed by atoms with Crippen LogP contribution in [0, 0.1) is 0 Å². The average molecular weight is 219 g/mol. The minimum Gasteiger partial charge on any atom is -0.454 e. The van der Waals surface area contributed by atoms with Gasteiger partial charge in [0.25, 0.3) is 0 Å². The molecule has 5 nitrogen and oxygen atoms in total. The molecule has 0 radical (unpaired) electrons. The Labute approximate surface area is 93.5 Å². The largest absolute Gasteiger partial charge is 0.454 e. The highest BCUT2D eigenvalue weighted by Gasteiger charge is 2.15. The van der Waals surface area contributed by atoms with Gasteiger partial charge in [-0.05, 0) is 19.1 Å². The molecule has 0 spiro atoms. The van der Waals surface area contributed by atoms with Crippen LogP contribution in [0.2, 0.25) is 0 Å². The van der Waals surface area contributed by atoms with E-state index in [4.69, 9.17) is 9.47 Å². The second kappa shape index (κ2) is 3.59. The summed E-state index contributed by atoms with van der Waals surface area (Å²) in [6.45, 7) is 3.21. The Hall–Kier alpha value is -1.91. The molecule has 1 aromatic rings. The molecule has 0 saturated carbocycles. The zero-order chi connectivity index (χ0) is 11.0. The zero-order valence-electron chi connectivity index (χ0n) is 8.99. The van der Waals surface area contributed by atoms with Crippen molar-refractivity contribution in [2.24, 2.45) is 4.99 Å². The van der Waals surface area contributed by atoms with Gasteiger partial charge < -0.3 is 20.1 Å². The highest BCUT2D eigenvalue weighted by molar-refractivity contribution is 5.95. The Morgan fingerprint density at radius 1 is 1.38 bits per heavy atom. The molecule has 0 amide bonds. The number of nitrogens with zero attached hydrogens (tertiary/aromatic N) is 1. The molecule has 5 heteroatoms. The van der Waals surface area contributed by atoms with Gasteiger partial charge in [-0.2, -0.15) is 0 Å². The lowest BCUT2D eigenvalue weighted by atomic mass is 10.3. The maximum absolute atomic E-state index is 5.30. The number of benzene rings is 1. The third-order valence-corrected chi connectivity index (χ3v) is 2.54. The first kappa shape index (κ1) is 9.33. The summed E-state index contributed by atoms with van der Waals surface area (Å²) in [5.41, 5.74) is 0.949. The number of rotatable bonds is 1. The van der Waals surface area contributed by atoms with E-state index in [1.807, 2.05) is 18.2 Å². The van der Waals surface area contributed by atoms with Gasteiger partial charge in [0.15, 0.2) is 17.5 Å². The quantitative estimate of drug-likeness (QED) is 0.744. The SMILES string of the molecule is CC1CN=C(Nc2ccc3c(c2)OCO3)N1. The summed E-state index contributed by atoms with van der Waals surface area (Å²) in [4.78, 5) is 4.33. The minimum absolute atomic E-state index is 0.301.